The predicted molar refractivity (Wildman–Crippen MR) is 99.0 cm³/mol. The largest absolute Gasteiger partial charge is 0.397 e. The van der Waals surface area contributed by atoms with Gasteiger partial charge < -0.3 is 13.4 Å². The third kappa shape index (κ3) is 2.85. The van der Waals surface area contributed by atoms with Crippen molar-refractivity contribution in [3.05, 3.63) is 60.7 Å². The highest BCUT2D eigenvalue weighted by atomic mass is 28.4. The van der Waals surface area contributed by atoms with Crippen LogP contribution in [0.5, 0.6) is 0 Å². The molecule has 0 saturated carbocycles. The molecule has 0 unspecified atom stereocenters. The Morgan fingerprint density at radius 2 is 1.74 bits per heavy atom. The summed E-state index contributed by atoms with van der Waals surface area (Å²) in [5.74, 6) is 0. The zero-order valence-electron chi connectivity index (χ0n) is 14.0. The molecular formula is C19H23NO2Si. The van der Waals surface area contributed by atoms with E-state index in [0.29, 0.717) is 0 Å². The molecule has 1 aromatic heterocycles. The average molecular weight is 325 g/mol. The molecule has 0 fully saturated rings. The predicted octanol–water partition coefficient (Wildman–Crippen LogP) is 4.43. The monoisotopic (exact) mass is 325 g/mol. The molecule has 0 saturated heterocycles. The minimum atomic E-state index is -2.22. The molecule has 0 N–H and O–H groups in total. The summed E-state index contributed by atoms with van der Waals surface area (Å²) >= 11 is 0. The smallest absolute Gasteiger partial charge is 0.354 e. The van der Waals surface area contributed by atoms with Crippen LogP contribution in [0, 0.1) is 0 Å². The number of hydrogen-bond donors (Lipinski definition) is 0. The van der Waals surface area contributed by atoms with E-state index < -0.39 is 8.56 Å². The summed E-state index contributed by atoms with van der Waals surface area (Å²) in [6, 6.07) is 15.2. The van der Waals surface area contributed by atoms with Crippen LogP contribution < -0.4 is 0 Å². The first-order valence-electron chi connectivity index (χ1n) is 7.83. The van der Waals surface area contributed by atoms with E-state index in [9.17, 15) is 0 Å². The lowest BCUT2D eigenvalue weighted by atomic mass is 10.1. The van der Waals surface area contributed by atoms with Crippen molar-refractivity contribution in [1.82, 2.24) is 4.57 Å². The molecular weight excluding hydrogens is 302 g/mol. The van der Waals surface area contributed by atoms with Crippen LogP contribution in [0.3, 0.4) is 0 Å². The van der Waals surface area contributed by atoms with Crippen LogP contribution >= 0.6 is 0 Å². The molecule has 0 bridgehead atoms. The first kappa shape index (κ1) is 16.0. The first-order valence-corrected chi connectivity index (χ1v) is 10.4. The Balaban J connectivity index is 2.24. The van der Waals surface area contributed by atoms with Gasteiger partial charge in [-0.2, -0.15) is 0 Å². The van der Waals surface area contributed by atoms with Crippen LogP contribution in [-0.2, 0) is 21.4 Å². The molecule has 0 radical (unpaired) electrons. The van der Waals surface area contributed by atoms with Gasteiger partial charge in [-0.25, -0.2) is 0 Å². The van der Waals surface area contributed by atoms with Crippen LogP contribution in [0.15, 0.2) is 55.1 Å². The van der Waals surface area contributed by atoms with E-state index in [0.717, 1.165) is 12.6 Å². The molecule has 3 aromatic rings. The van der Waals surface area contributed by atoms with Crippen LogP contribution in [0.4, 0.5) is 0 Å². The molecule has 2 aromatic carbocycles. The quantitative estimate of drug-likeness (QED) is 0.494. The fourth-order valence-corrected chi connectivity index (χ4v) is 4.40. The van der Waals surface area contributed by atoms with E-state index in [2.05, 4.69) is 60.2 Å². The van der Waals surface area contributed by atoms with Gasteiger partial charge in [0.25, 0.3) is 0 Å². The van der Waals surface area contributed by atoms with Crippen molar-refractivity contribution in [2.24, 2.45) is 0 Å². The summed E-state index contributed by atoms with van der Waals surface area (Å²) < 4.78 is 13.7. The lowest BCUT2D eigenvalue weighted by Gasteiger charge is -2.24. The van der Waals surface area contributed by atoms with Crippen molar-refractivity contribution in [3.8, 4) is 0 Å². The maximum Gasteiger partial charge on any atom is 0.354 e. The summed E-state index contributed by atoms with van der Waals surface area (Å²) in [5, 5.41) is 2.56. The molecule has 0 spiro atoms. The number of fused-ring (bicyclic) bond motifs is 3. The molecule has 120 valence electrons. The second kappa shape index (κ2) is 6.32. The van der Waals surface area contributed by atoms with E-state index in [1.165, 1.54) is 27.4 Å². The average Bonchev–Trinajstić information content (AvgIpc) is 2.89. The summed E-state index contributed by atoms with van der Waals surface area (Å²) in [6.45, 7) is 5.94. The SMILES string of the molecule is C=CCc1ccc2c(c1)c1ccccc1n2C[Si](C)(OC)OC. The van der Waals surface area contributed by atoms with Gasteiger partial charge in [-0.05, 0) is 36.7 Å². The van der Waals surface area contributed by atoms with Gasteiger partial charge in [0.05, 0.1) is 6.17 Å². The Morgan fingerprint density at radius 1 is 1.04 bits per heavy atom. The van der Waals surface area contributed by atoms with Crippen LogP contribution in [0.25, 0.3) is 21.8 Å². The molecule has 0 aliphatic carbocycles. The van der Waals surface area contributed by atoms with Gasteiger partial charge in [0, 0.05) is 36.0 Å². The van der Waals surface area contributed by atoms with Crippen molar-refractivity contribution in [2.45, 2.75) is 19.1 Å². The van der Waals surface area contributed by atoms with Gasteiger partial charge in [0.2, 0.25) is 0 Å². The van der Waals surface area contributed by atoms with Crippen molar-refractivity contribution in [3.63, 3.8) is 0 Å². The van der Waals surface area contributed by atoms with Crippen molar-refractivity contribution in [1.29, 1.82) is 0 Å². The fraction of sp³-hybridized carbons (Fsp3) is 0.263. The van der Waals surface area contributed by atoms with E-state index in [-0.39, 0.29) is 0 Å². The lowest BCUT2D eigenvalue weighted by molar-refractivity contribution is 0.242. The van der Waals surface area contributed by atoms with Gasteiger partial charge in [-0.3, -0.25) is 0 Å². The maximum absolute atomic E-state index is 5.70. The zero-order valence-corrected chi connectivity index (χ0v) is 15.0. The Labute approximate surface area is 138 Å². The second-order valence-electron chi connectivity index (χ2n) is 5.99. The molecule has 23 heavy (non-hydrogen) atoms. The highest BCUT2D eigenvalue weighted by Crippen LogP contribution is 2.31. The molecule has 0 atom stereocenters. The topological polar surface area (TPSA) is 23.4 Å². The summed E-state index contributed by atoms with van der Waals surface area (Å²) in [6.07, 6.45) is 3.60. The molecule has 1 heterocycles. The molecule has 0 aliphatic rings. The number of benzene rings is 2. The third-order valence-electron chi connectivity index (χ3n) is 4.53. The number of rotatable bonds is 6. The highest BCUT2D eigenvalue weighted by molar-refractivity contribution is 6.64. The van der Waals surface area contributed by atoms with Gasteiger partial charge in [-0.1, -0.05) is 30.3 Å². The number of aromatic nitrogens is 1. The van der Waals surface area contributed by atoms with Gasteiger partial charge in [-0.15, -0.1) is 6.58 Å². The van der Waals surface area contributed by atoms with Crippen LogP contribution in [0.1, 0.15) is 5.56 Å². The molecule has 3 rings (SSSR count). The van der Waals surface area contributed by atoms with Gasteiger partial charge >= 0.3 is 8.56 Å². The fourth-order valence-electron chi connectivity index (χ4n) is 3.06. The van der Waals surface area contributed by atoms with Gasteiger partial charge in [0.15, 0.2) is 0 Å². The Hall–Kier alpha value is -1.88. The first-order chi connectivity index (χ1) is 11.1. The van der Waals surface area contributed by atoms with Gasteiger partial charge in [0.1, 0.15) is 0 Å². The lowest BCUT2D eigenvalue weighted by Crippen LogP contribution is -2.41. The number of allylic oxidation sites excluding steroid dienone is 1. The number of nitrogens with zero attached hydrogens (tertiary/aromatic N) is 1. The maximum atomic E-state index is 5.70. The third-order valence-corrected chi connectivity index (χ3v) is 7.14. The normalized spacial score (nSPS) is 12.1. The number of para-hydroxylation sites is 1. The number of hydrogen-bond acceptors (Lipinski definition) is 2. The summed E-state index contributed by atoms with van der Waals surface area (Å²) in [7, 11) is 1.27. The molecule has 4 heteroatoms. The van der Waals surface area contributed by atoms with Crippen molar-refractivity contribution < 1.29 is 8.85 Å². The second-order valence-corrected chi connectivity index (χ2v) is 9.39. The van der Waals surface area contributed by atoms with E-state index >= 15 is 0 Å². The van der Waals surface area contributed by atoms with E-state index in [1.54, 1.807) is 14.2 Å². The molecule has 0 aliphatic heterocycles. The van der Waals surface area contributed by atoms with E-state index in [1.807, 2.05) is 6.08 Å². The molecule has 0 amide bonds. The highest BCUT2D eigenvalue weighted by Gasteiger charge is 2.30. The summed E-state index contributed by atoms with van der Waals surface area (Å²) in [4.78, 5) is 0. The zero-order chi connectivity index (χ0) is 16.4. The Bertz CT molecular complexity index is 849. The minimum absolute atomic E-state index is 0.769. The van der Waals surface area contributed by atoms with Crippen LogP contribution in [-0.4, -0.2) is 27.3 Å². The van der Waals surface area contributed by atoms with Crippen molar-refractivity contribution in [2.75, 3.05) is 14.2 Å². The van der Waals surface area contributed by atoms with Crippen LogP contribution in [0.2, 0.25) is 6.55 Å². The Morgan fingerprint density at radius 3 is 2.43 bits per heavy atom. The Kier molecular flexibility index (Phi) is 4.39. The minimum Gasteiger partial charge on any atom is -0.397 e. The van der Waals surface area contributed by atoms with E-state index in [4.69, 9.17) is 8.85 Å². The molecule has 3 nitrogen and oxygen atoms in total. The standard InChI is InChI=1S/C19H23NO2Si/c1-5-8-15-11-12-19-17(13-15)16-9-6-7-10-18(16)20(19)14-23(4,21-2)22-3/h5-7,9-13H,1,8,14H2,2-4H3. The van der Waals surface area contributed by atoms with Crippen molar-refractivity contribution >= 4 is 30.4 Å². The summed E-state index contributed by atoms with van der Waals surface area (Å²) in [5.41, 5.74) is 3.74.